The van der Waals surface area contributed by atoms with Crippen molar-refractivity contribution in [3.63, 3.8) is 0 Å². The predicted octanol–water partition coefficient (Wildman–Crippen LogP) is 9.53. The number of rotatable bonds is 42. The molecule has 0 spiro atoms. The van der Waals surface area contributed by atoms with Gasteiger partial charge in [-0.1, -0.05) is 31.7 Å². The molecule has 594 valence electrons. The second-order valence-corrected chi connectivity index (χ2v) is 27.3. The first-order valence-electron chi connectivity index (χ1n) is 37.0. The van der Waals surface area contributed by atoms with Gasteiger partial charge in [0.2, 0.25) is 11.4 Å². The number of nitrogens with one attached hydrogen (secondary N) is 3. The molecule has 30 nitrogen and oxygen atoms in total. The van der Waals surface area contributed by atoms with E-state index in [1.807, 2.05) is 36.0 Å². The number of nitrogen functional groups attached to an aromatic ring is 4. The van der Waals surface area contributed by atoms with Crippen molar-refractivity contribution in [2.24, 2.45) is 0 Å². The van der Waals surface area contributed by atoms with Crippen LogP contribution >= 0.6 is 0 Å². The van der Waals surface area contributed by atoms with Crippen LogP contribution in [-0.4, -0.2) is 166 Å². The third-order valence-electron chi connectivity index (χ3n) is 18.8. The smallest absolute Gasteiger partial charge is 0.373 e. The SMILES string of the molecule is Cc1cc(C(=O)NCCOCCOCCN(CCCCCCC(=O)CCCNC(=O)c2ccc(N(C)Cc3cnc4cc(N)cc(N)c4n3)cc2)CCCCCCC(=O)CCC(NC(=O)c2ccc(N(C)Cc3cnc4nc(N)nc(N)c4n3)cc2)C(=O)O)ccc1-c1c2cc(F)c(=O)cc-2oc2cc(O)c(F)cc12.O=C=O. The van der Waals surface area contributed by atoms with Crippen molar-refractivity contribution in [2.45, 2.75) is 116 Å². The number of carboxylic acid groups (broad SMARTS) is 1. The molecule has 5 aromatic carbocycles. The summed E-state index contributed by atoms with van der Waals surface area (Å²) in [6, 6.07) is 25.0. The highest BCUT2D eigenvalue weighted by molar-refractivity contribution is 6.04. The number of phenolic OH excluding ortho intramolecular Hbond substituents is 1. The second kappa shape index (κ2) is 41.5. The molecule has 3 amide bonds. The molecule has 1 aliphatic heterocycles. The number of aromatic nitrogens is 6. The lowest BCUT2D eigenvalue weighted by atomic mass is 9.90. The largest absolute Gasteiger partial charge is 0.505 e. The van der Waals surface area contributed by atoms with E-state index < -0.39 is 40.7 Å². The Morgan fingerprint density at radius 1 is 0.593 bits per heavy atom. The highest BCUT2D eigenvalue weighted by Crippen LogP contribution is 2.43. The van der Waals surface area contributed by atoms with Gasteiger partial charge in [-0.25, -0.2) is 28.5 Å². The van der Waals surface area contributed by atoms with Gasteiger partial charge in [0.05, 0.1) is 74.5 Å². The van der Waals surface area contributed by atoms with Gasteiger partial charge in [-0.2, -0.15) is 19.6 Å². The van der Waals surface area contributed by atoms with E-state index in [1.54, 1.807) is 86.0 Å². The number of carbonyl (C=O) groups is 6. The molecule has 0 bridgehead atoms. The highest BCUT2D eigenvalue weighted by Gasteiger charge is 2.25. The van der Waals surface area contributed by atoms with Crippen LogP contribution in [0.4, 0.5) is 43.3 Å². The standard InChI is InChI=1S/C80H92F2N16O12.CO2/c1-48-37-51(20-26-59(48)71-60-40-62(81)67(101)42-69(60)110-70-43-68(102)63(82)41-61(70)71)77(104)88-29-33-108-35-36-109-34-32-98(30-10-6-4-8-13-57(99)15-12-28-87-76(103)49-16-21-55(22-17-49)96(2)46-53-44-89-66-39-52(83)38-64(84)72(66)91-53)31-11-7-5-9-14-58(100)25-27-65(79(106)107)93-78(105)50-18-23-56(24-19-50)97(3)47-54-45-90-75-73(92-54)74(85)94-80(86)95-75;2-1-3/h16-24,26,37-45,65,101H,4-15,25,27-36,46-47,83-84H2,1-3H3,(H,87,103)(H,88,104)(H,93,105)(H,106,107)(H4,85,86,90,94,95);. The number of unbranched alkanes of at least 4 members (excludes halogenated alkanes) is 6. The van der Waals surface area contributed by atoms with E-state index in [4.69, 9.17) is 46.4 Å². The van der Waals surface area contributed by atoms with Crippen molar-refractivity contribution < 1.29 is 71.2 Å². The lowest BCUT2D eigenvalue weighted by molar-refractivity contribution is -0.191. The molecule has 2 aliphatic rings. The number of hydrogen-bond donors (Lipinski definition) is 9. The summed E-state index contributed by atoms with van der Waals surface area (Å²) in [6.45, 7) is 6.58. The zero-order chi connectivity index (χ0) is 81.1. The molecular weight excluding hydrogens is 1460 g/mol. The minimum atomic E-state index is -1.27. The quantitative estimate of drug-likeness (QED) is 0.00976. The normalized spacial score (nSPS) is 11.5. The molecule has 1 unspecified atom stereocenters. The third kappa shape index (κ3) is 24.5. The van der Waals surface area contributed by atoms with Gasteiger partial charge in [0.25, 0.3) is 17.7 Å². The minimum absolute atomic E-state index is 0.00684. The number of anilines is 6. The van der Waals surface area contributed by atoms with E-state index >= 15 is 0 Å². The van der Waals surface area contributed by atoms with Crippen LogP contribution in [0.2, 0.25) is 0 Å². The monoisotopic (exact) mass is 1550 g/mol. The van der Waals surface area contributed by atoms with E-state index in [0.717, 1.165) is 99.4 Å². The molecule has 0 fully saturated rings. The number of nitrogens with two attached hydrogens (primary N) is 4. The number of aromatic hydroxyl groups is 1. The Morgan fingerprint density at radius 3 is 1.81 bits per heavy atom. The number of fused-ring (bicyclic) bond motifs is 4. The van der Waals surface area contributed by atoms with E-state index in [9.17, 15) is 52.6 Å². The summed E-state index contributed by atoms with van der Waals surface area (Å²) in [4.78, 5) is 138. The topological polar surface area (TPSA) is 453 Å². The van der Waals surface area contributed by atoms with Crippen LogP contribution in [-0.2, 0) is 46.5 Å². The number of amides is 3. The zero-order valence-corrected chi connectivity index (χ0v) is 63.1. The van der Waals surface area contributed by atoms with Gasteiger partial charge in [0.15, 0.2) is 34.4 Å². The lowest BCUT2D eigenvalue weighted by Gasteiger charge is -2.22. The molecular formula is C81H92F2N16O14. The maximum Gasteiger partial charge on any atom is 0.373 e. The highest BCUT2D eigenvalue weighted by atomic mass is 19.1. The fourth-order valence-electron chi connectivity index (χ4n) is 12.9. The maximum atomic E-state index is 14.7. The summed E-state index contributed by atoms with van der Waals surface area (Å²) in [6.07, 6.45) is 11.7. The summed E-state index contributed by atoms with van der Waals surface area (Å²) in [5.41, 5.74) is 31.4. The number of aryl methyl sites for hydroxylation is 1. The number of ketones is 2. The lowest BCUT2D eigenvalue weighted by Crippen LogP contribution is -2.41. The van der Waals surface area contributed by atoms with Gasteiger partial charge in [0, 0.05) is 122 Å². The molecule has 0 saturated carbocycles. The number of halogens is 2. The number of carboxylic acids is 1. The van der Waals surface area contributed by atoms with Crippen LogP contribution in [0.15, 0.2) is 125 Å². The van der Waals surface area contributed by atoms with E-state index in [0.29, 0.717) is 127 Å². The first kappa shape index (κ1) is 84.5. The van der Waals surface area contributed by atoms with Crippen LogP contribution in [0.5, 0.6) is 5.75 Å². The van der Waals surface area contributed by atoms with Crippen molar-refractivity contribution >= 4 is 109 Å². The van der Waals surface area contributed by atoms with Crippen LogP contribution in [0.25, 0.3) is 55.6 Å². The molecule has 0 saturated heterocycles. The molecule has 113 heavy (non-hydrogen) atoms. The molecule has 0 radical (unpaired) electrons. The van der Waals surface area contributed by atoms with Gasteiger partial charge >= 0.3 is 12.1 Å². The second-order valence-electron chi connectivity index (χ2n) is 27.3. The van der Waals surface area contributed by atoms with Gasteiger partial charge in [-0.05, 0) is 155 Å². The fourth-order valence-corrected chi connectivity index (χ4v) is 12.9. The summed E-state index contributed by atoms with van der Waals surface area (Å²) in [5, 5.41) is 28.7. The fraction of sp³-hybridized carbons (Fsp3) is 0.358. The van der Waals surface area contributed by atoms with E-state index in [1.165, 1.54) is 0 Å². The Labute approximate surface area is 649 Å². The summed E-state index contributed by atoms with van der Waals surface area (Å²) in [7, 11) is 3.75. The number of ether oxygens (including phenoxy) is 2. The Morgan fingerprint density at radius 2 is 1.17 bits per heavy atom. The number of Topliss-reactive ketones (excluding diaryl/α,β-unsaturated/α-hetero) is 2. The maximum absolute atomic E-state index is 14.7. The zero-order valence-electron chi connectivity index (χ0n) is 63.1. The molecule has 10 rings (SSSR count). The number of aliphatic carboxylic acids is 1. The first-order valence-corrected chi connectivity index (χ1v) is 37.0. The first-order chi connectivity index (χ1) is 54.4. The number of phenols is 1. The summed E-state index contributed by atoms with van der Waals surface area (Å²) in [5.74, 6) is -4.83. The van der Waals surface area contributed by atoms with Crippen molar-refractivity contribution in [1.82, 2.24) is 50.8 Å². The van der Waals surface area contributed by atoms with Gasteiger partial charge in [-0.3, -0.25) is 33.8 Å². The average Bonchev–Trinajstić information content (AvgIpc) is 0.743. The Balaban J connectivity index is 0.00000480. The van der Waals surface area contributed by atoms with Crippen molar-refractivity contribution in [2.75, 3.05) is 106 Å². The van der Waals surface area contributed by atoms with E-state index in [-0.39, 0.29) is 114 Å². The van der Waals surface area contributed by atoms with E-state index in [2.05, 4.69) is 50.8 Å². The molecule has 1 aliphatic carbocycles. The summed E-state index contributed by atoms with van der Waals surface area (Å²) >= 11 is 0. The number of nitrogens with zero attached hydrogens (tertiary/aromatic N) is 9. The number of benzene rings is 6. The van der Waals surface area contributed by atoms with Gasteiger partial charge in [0.1, 0.15) is 34.5 Å². The Bertz CT molecular complexity index is 5070. The Kier molecular flexibility index (Phi) is 31.0. The summed E-state index contributed by atoms with van der Waals surface area (Å²) < 4.78 is 47.0. The van der Waals surface area contributed by atoms with Crippen LogP contribution in [0.3, 0.4) is 0 Å². The van der Waals surface area contributed by atoms with Crippen LogP contribution in [0, 0.1) is 18.6 Å². The third-order valence-corrected chi connectivity index (χ3v) is 18.8. The molecule has 8 aromatic rings. The van der Waals surface area contributed by atoms with Crippen molar-refractivity contribution in [3.05, 3.63) is 171 Å². The van der Waals surface area contributed by atoms with Gasteiger partial charge < -0.3 is 77.7 Å². The molecule has 13 N–H and O–H groups in total. The van der Waals surface area contributed by atoms with Crippen LogP contribution in [0.1, 0.15) is 138 Å². The Hall–Kier alpha value is -12.5. The average molecular weight is 1550 g/mol. The molecule has 3 aromatic heterocycles. The number of hydrogen-bond acceptors (Lipinski definition) is 26. The van der Waals surface area contributed by atoms with Crippen molar-refractivity contribution in [3.8, 4) is 28.2 Å². The van der Waals surface area contributed by atoms with Gasteiger partial charge in [-0.15, -0.1) is 0 Å². The molecule has 32 heteroatoms. The van der Waals surface area contributed by atoms with Crippen molar-refractivity contribution in [1.29, 1.82) is 0 Å². The minimum Gasteiger partial charge on any atom is -0.505 e. The molecule has 4 heterocycles. The molecule has 1 atom stereocenters. The number of carbonyl (C=O) groups excluding carboxylic acids is 7. The van der Waals surface area contributed by atoms with Crippen LogP contribution < -0.4 is 54.1 Å². The predicted molar refractivity (Wildman–Crippen MR) is 422 cm³/mol.